The van der Waals surface area contributed by atoms with Gasteiger partial charge in [0.2, 0.25) is 0 Å². The molecule has 3 rings (SSSR count). The molecule has 0 atom stereocenters. The maximum atomic E-state index is 12.2. The molecule has 0 unspecified atom stereocenters. The molecule has 0 radical (unpaired) electrons. The highest BCUT2D eigenvalue weighted by Gasteiger charge is 2.14. The molecule has 0 N–H and O–H groups in total. The van der Waals surface area contributed by atoms with Crippen LogP contribution >= 0.6 is 22.7 Å². The molecule has 0 fully saturated rings. The number of imidazole rings is 1. The standard InChI is InChI=1S/C13H12N2OS2/c1-2-9-3-5-17-12(9)11(16)7-10-8-15-4-6-18-13(15)14-10/h3-6,8H,2,7H2,1H3. The second kappa shape index (κ2) is 4.66. The summed E-state index contributed by atoms with van der Waals surface area (Å²) in [6.45, 7) is 2.07. The highest BCUT2D eigenvalue weighted by Crippen LogP contribution is 2.20. The van der Waals surface area contributed by atoms with E-state index >= 15 is 0 Å². The van der Waals surface area contributed by atoms with Gasteiger partial charge in [-0.25, -0.2) is 4.98 Å². The van der Waals surface area contributed by atoms with Gasteiger partial charge in [-0.15, -0.1) is 22.7 Å². The van der Waals surface area contributed by atoms with Gasteiger partial charge in [-0.3, -0.25) is 9.20 Å². The van der Waals surface area contributed by atoms with E-state index in [2.05, 4.69) is 11.9 Å². The normalized spacial score (nSPS) is 11.2. The fourth-order valence-corrected chi connectivity index (χ4v) is 3.62. The average Bonchev–Trinajstić information content (AvgIpc) is 3.02. The minimum atomic E-state index is 0.174. The molecule has 92 valence electrons. The summed E-state index contributed by atoms with van der Waals surface area (Å²) in [6, 6.07) is 2.03. The van der Waals surface area contributed by atoms with Gasteiger partial charge in [0.1, 0.15) is 0 Å². The minimum Gasteiger partial charge on any atom is -0.297 e. The SMILES string of the molecule is CCc1ccsc1C(=O)Cc1cn2ccsc2n1. The summed E-state index contributed by atoms with van der Waals surface area (Å²) in [5, 5.41) is 3.97. The van der Waals surface area contributed by atoms with Crippen LogP contribution in [0.2, 0.25) is 0 Å². The molecule has 0 amide bonds. The van der Waals surface area contributed by atoms with Crippen LogP contribution in [0, 0.1) is 0 Å². The number of hydrogen-bond donors (Lipinski definition) is 0. The molecular weight excluding hydrogens is 264 g/mol. The lowest BCUT2D eigenvalue weighted by molar-refractivity contribution is 0.0995. The second-order valence-electron chi connectivity index (χ2n) is 4.05. The molecule has 3 aromatic rings. The van der Waals surface area contributed by atoms with Gasteiger partial charge in [-0.1, -0.05) is 6.92 Å². The first kappa shape index (κ1) is 11.6. The van der Waals surface area contributed by atoms with Gasteiger partial charge in [0.25, 0.3) is 0 Å². The van der Waals surface area contributed by atoms with E-state index in [-0.39, 0.29) is 5.78 Å². The Balaban J connectivity index is 1.84. The van der Waals surface area contributed by atoms with Crippen molar-refractivity contribution in [3.63, 3.8) is 0 Å². The van der Waals surface area contributed by atoms with Gasteiger partial charge in [-0.05, 0) is 23.4 Å². The zero-order valence-electron chi connectivity index (χ0n) is 9.92. The van der Waals surface area contributed by atoms with Crippen molar-refractivity contribution in [3.8, 4) is 0 Å². The van der Waals surface area contributed by atoms with Crippen molar-refractivity contribution in [1.82, 2.24) is 9.38 Å². The third-order valence-corrected chi connectivity index (χ3v) is 4.63. The Hall–Kier alpha value is -1.46. The number of fused-ring (bicyclic) bond motifs is 1. The number of aryl methyl sites for hydroxylation is 1. The van der Waals surface area contributed by atoms with Gasteiger partial charge in [0.15, 0.2) is 10.7 Å². The van der Waals surface area contributed by atoms with E-state index in [0.717, 1.165) is 27.5 Å². The van der Waals surface area contributed by atoms with Gasteiger partial charge < -0.3 is 0 Å². The largest absolute Gasteiger partial charge is 0.297 e. The van der Waals surface area contributed by atoms with E-state index in [1.165, 1.54) is 11.3 Å². The maximum absolute atomic E-state index is 12.2. The average molecular weight is 276 g/mol. The molecule has 0 spiro atoms. The summed E-state index contributed by atoms with van der Waals surface area (Å²) in [4.78, 5) is 18.5. The number of hydrogen-bond acceptors (Lipinski definition) is 4. The van der Waals surface area contributed by atoms with Crippen molar-refractivity contribution in [1.29, 1.82) is 0 Å². The lowest BCUT2D eigenvalue weighted by Crippen LogP contribution is -2.04. The highest BCUT2D eigenvalue weighted by molar-refractivity contribution is 7.15. The van der Waals surface area contributed by atoms with E-state index in [9.17, 15) is 4.79 Å². The Kier molecular flexibility index (Phi) is 3.01. The lowest BCUT2D eigenvalue weighted by Gasteiger charge is -1.98. The van der Waals surface area contributed by atoms with Crippen molar-refractivity contribution in [2.75, 3.05) is 0 Å². The zero-order valence-corrected chi connectivity index (χ0v) is 11.6. The first-order valence-corrected chi connectivity index (χ1v) is 7.54. The Morgan fingerprint density at radius 3 is 3.06 bits per heavy atom. The van der Waals surface area contributed by atoms with E-state index < -0.39 is 0 Å². The molecule has 5 heteroatoms. The van der Waals surface area contributed by atoms with Crippen LogP contribution in [0.15, 0.2) is 29.2 Å². The third kappa shape index (κ3) is 2.00. The molecule has 0 aromatic carbocycles. The fourth-order valence-electron chi connectivity index (χ4n) is 1.96. The fraction of sp³-hybridized carbons (Fsp3) is 0.231. The van der Waals surface area contributed by atoms with Gasteiger partial charge >= 0.3 is 0 Å². The molecular formula is C13H12N2OS2. The third-order valence-electron chi connectivity index (χ3n) is 2.87. The van der Waals surface area contributed by atoms with Crippen molar-refractivity contribution in [3.05, 3.63) is 45.4 Å². The Morgan fingerprint density at radius 2 is 2.28 bits per heavy atom. The van der Waals surface area contributed by atoms with Crippen molar-refractivity contribution >= 4 is 33.4 Å². The number of rotatable bonds is 4. The van der Waals surface area contributed by atoms with Crippen molar-refractivity contribution in [2.24, 2.45) is 0 Å². The predicted octanol–water partition coefficient (Wildman–Crippen LogP) is 3.45. The highest BCUT2D eigenvalue weighted by atomic mass is 32.1. The minimum absolute atomic E-state index is 0.174. The topological polar surface area (TPSA) is 34.4 Å². The molecule has 3 nitrogen and oxygen atoms in total. The summed E-state index contributed by atoms with van der Waals surface area (Å²) < 4.78 is 1.96. The summed E-state index contributed by atoms with van der Waals surface area (Å²) in [5.74, 6) is 0.174. The number of thiophene rings is 1. The number of ketones is 1. The van der Waals surface area contributed by atoms with Crippen LogP contribution in [-0.2, 0) is 12.8 Å². The number of carbonyl (C=O) groups excluding carboxylic acids is 1. The van der Waals surface area contributed by atoms with Crippen LogP contribution in [0.25, 0.3) is 4.96 Å². The zero-order chi connectivity index (χ0) is 12.5. The molecule has 0 aliphatic carbocycles. The second-order valence-corrected chi connectivity index (χ2v) is 5.84. The van der Waals surface area contributed by atoms with Crippen molar-refractivity contribution < 1.29 is 4.79 Å². The summed E-state index contributed by atoms with van der Waals surface area (Å²) >= 11 is 3.11. The van der Waals surface area contributed by atoms with Crippen LogP contribution < -0.4 is 0 Å². The Labute approximate surface area is 113 Å². The monoisotopic (exact) mass is 276 g/mol. The number of carbonyl (C=O) groups is 1. The van der Waals surface area contributed by atoms with Gasteiger partial charge in [0, 0.05) is 17.8 Å². The number of Topliss-reactive ketones (excluding diaryl/α,β-unsaturated/α-hetero) is 1. The predicted molar refractivity (Wildman–Crippen MR) is 74.8 cm³/mol. The van der Waals surface area contributed by atoms with Crippen molar-refractivity contribution in [2.45, 2.75) is 19.8 Å². The van der Waals surface area contributed by atoms with E-state index in [1.54, 1.807) is 11.3 Å². The van der Waals surface area contributed by atoms with Gasteiger partial charge in [-0.2, -0.15) is 0 Å². The number of nitrogens with zero attached hydrogens (tertiary/aromatic N) is 2. The summed E-state index contributed by atoms with van der Waals surface area (Å²) in [6.07, 6.45) is 5.19. The molecule has 0 saturated heterocycles. The molecule has 3 heterocycles. The van der Waals surface area contributed by atoms with Crippen LogP contribution in [0.3, 0.4) is 0 Å². The molecule has 18 heavy (non-hydrogen) atoms. The molecule has 3 aromatic heterocycles. The van der Waals surface area contributed by atoms with Crippen LogP contribution in [-0.4, -0.2) is 15.2 Å². The number of thiazole rings is 1. The van der Waals surface area contributed by atoms with Crippen LogP contribution in [0.4, 0.5) is 0 Å². The smallest absolute Gasteiger partial charge is 0.193 e. The first-order valence-electron chi connectivity index (χ1n) is 5.78. The van der Waals surface area contributed by atoms with Gasteiger partial charge in [0.05, 0.1) is 17.0 Å². The summed E-state index contributed by atoms with van der Waals surface area (Å²) in [5.41, 5.74) is 1.99. The molecule has 0 aliphatic heterocycles. The molecule has 0 bridgehead atoms. The van der Waals surface area contributed by atoms with Crippen LogP contribution in [0.5, 0.6) is 0 Å². The van der Waals surface area contributed by atoms with E-state index in [4.69, 9.17) is 0 Å². The lowest BCUT2D eigenvalue weighted by atomic mass is 10.1. The maximum Gasteiger partial charge on any atom is 0.193 e. The number of aromatic nitrogens is 2. The van der Waals surface area contributed by atoms with E-state index in [0.29, 0.717) is 6.42 Å². The van der Waals surface area contributed by atoms with E-state index in [1.807, 2.05) is 33.6 Å². The summed E-state index contributed by atoms with van der Waals surface area (Å²) in [7, 11) is 0. The quantitative estimate of drug-likeness (QED) is 0.684. The first-order chi connectivity index (χ1) is 8.78. The Bertz CT molecular complexity index is 664. The van der Waals surface area contributed by atoms with Crippen LogP contribution in [0.1, 0.15) is 27.9 Å². The molecule has 0 aliphatic rings. The molecule has 0 saturated carbocycles. The Morgan fingerprint density at radius 1 is 1.39 bits per heavy atom.